The second-order valence-electron chi connectivity index (χ2n) is 15.6. The number of imidazole rings is 1. The molecule has 0 aromatic carbocycles. The maximum Gasteiger partial charge on any atom is 0.306 e. The first-order chi connectivity index (χ1) is 25.4. The van der Waals surface area contributed by atoms with Gasteiger partial charge in [0.2, 0.25) is 0 Å². The Hall–Kier alpha value is -1.89. The van der Waals surface area contributed by atoms with Gasteiger partial charge in [0.25, 0.3) is 0 Å². The summed E-state index contributed by atoms with van der Waals surface area (Å²) in [5.41, 5.74) is 0. The molecule has 0 aliphatic heterocycles. The van der Waals surface area contributed by atoms with E-state index in [1.165, 1.54) is 116 Å². The summed E-state index contributed by atoms with van der Waals surface area (Å²) in [5, 5.41) is 0. The molecule has 1 rings (SSSR count). The number of hydrogen-bond donors (Lipinski definition) is 0. The van der Waals surface area contributed by atoms with Gasteiger partial charge in [-0.1, -0.05) is 130 Å². The summed E-state index contributed by atoms with van der Waals surface area (Å²) in [5.74, 6) is 1.09. The molecule has 1 heterocycles. The molecule has 52 heavy (non-hydrogen) atoms. The van der Waals surface area contributed by atoms with Crippen LogP contribution in [0.2, 0.25) is 0 Å². The number of nitrogens with zero attached hydrogens (tertiary/aromatic N) is 3. The van der Waals surface area contributed by atoms with E-state index in [1.54, 1.807) is 0 Å². The highest BCUT2D eigenvalue weighted by molar-refractivity contribution is 5.69. The Labute approximate surface area is 322 Å². The summed E-state index contributed by atoms with van der Waals surface area (Å²) in [6, 6.07) is 0. The predicted molar refractivity (Wildman–Crippen MR) is 220 cm³/mol. The van der Waals surface area contributed by atoms with Crippen LogP contribution in [0, 0.1) is 6.92 Å². The number of aryl methyl sites for hydroxylation is 2. The second-order valence-corrected chi connectivity index (χ2v) is 15.6. The van der Waals surface area contributed by atoms with Gasteiger partial charge in [0.05, 0.1) is 0 Å². The van der Waals surface area contributed by atoms with Crippen LogP contribution in [0.1, 0.15) is 220 Å². The van der Waals surface area contributed by atoms with E-state index in [-0.39, 0.29) is 24.1 Å². The minimum absolute atomic E-state index is 0.000930. The lowest BCUT2D eigenvalue weighted by Crippen LogP contribution is -2.28. The van der Waals surface area contributed by atoms with Crippen molar-refractivity contribution in [3.05, 3.63) is 18.2 Å². The number of hydrogen-bond acceptors (Lipinski definition) is 6. The summed E-state index contributed by atoms with van der Waals surface area (Å²) in [6.45, 7) is 15.3. The highest BCUT2D eigenvalue weighted by Crippen LogP contribution is 2.17. The first kappa shape index (κ1) is 48.1. The molecule has 7 nitrogen and oxygen atoms in total. The fourth-order valence-corrected chi connectivity index (χ4v) is 7.20. The van der Waals surface area contributed by atoms with Crippen LogP contribution in [0.4, 0.5) is 0 Å². The van der Waals surface area contributed by atoms with Gasteiger partial charge in [-0.15, -0.1) is 0 Å². The van der Waals surface area contributed by atoms with Crippen LogP contribution in [0.3, 0.4) is 0 Å². The third kappa shape index (κ3) is 27.7. The van der Waals surface area contributed by atoms with Crippen LogP contribution in [-0.2, 0) is 25.6 Å². The molecular weight excluding hydrogens is 647 g/mol. The molecule has 0 bridgehead atoms. The lowest BCUT2D eigenvalue weighted by atomic mass is 10.1. The summed E-state index contributed by atoms with van der Waals surface area (Å²) >= 11 is 0. The Morgan fingerprint density at radius 3 is 1.40 bits per heavy atom. The second kappa shape index (κ2) is 34.9. The first-order valence-corrected chi connectivity index (χ1v) is 22.5. The molecule has 0 aliphatic carbocycles. The minimum Gasteiger partial charge on any atom is -0.462 e. The Kier molecular flexibility index (Phi) is 32.3. The molecule has 1 aromatic heterocycles. The number of aromatic nitrogens is 2. The van der Waals surface area contributed by atoms with E-state index >= 15 is 0 Å². The monoisotopic (exact) mass is 732 g/mol. The van der Waals surface area contributed by atoms with Crippen molar-refractivity contribution in [2.24, 2.45) is 0 Å². The molecule has 0 N–H and O–H groups in total. The van der Waals surface area contributed by atoms with Crippen molar-refractivity contribution in [3.63, 3.8) is 0 Å². The van der Waals surface area contributed by atoms with Gasteiger partial charge < -0.3 is 18.9 Å². The van der Waals surface area contributed by atoms with E-state index in [0.29, 0.717) is 12.8 Å². The molecule has 0 saturated heterocycles. The molecule has 7 heteroatoms. The van der Waals surface area contributed by atoms with Crippen molar-refractivity contribution in [2.45, 2.75) is 240 Å². The largest absolute Gasteiger partial charge is 0.462 e. The standard InChI is InChI=1S/C45H85N3O4/c1-6-10-12-14-18-24-31-42(8-3)51-44(49)33-26-20-16-22-28-36-47(38-30-39-48-40-35-46-41(48)5)37-29-23-17-21-27-34-45(50)52-43(9-4)32-25-19-15-13-11-7-2/h35,40,42-43H,6-34,36-39H2,1-5H3. The number of carbonyl (C=O) groups is 2. The van der Waals surface area contributed by atoms with Crippen molar-refractivity contribution >= 4 is 11.9 Å². The van der Waals surface area contributed by atoms with Gasteiger partial charge in [0, 0.05) is 31.8 Å². The summed E-state index contributed by atoms with van der Waals surface area (Å²) < 4.78 is 13.9. The average Bonchev–Trinajstić information content (AvgIpc) is 3.56. The molecule has 2 unspecified atom stereocenters. The predicted octanol–water partition coefficient (Wildman–Crippen LogP) is 12.7. The van der Waals surface area contributed by atoms with Crippen molar-refractivity contribution in [1.82, 2.24) is 14.5 Å². The van der Waals surface area contributed by atoms with Crippen molar-refractivity contribution < 1.29 is 19.1 Å². The maximum absolute atomic E-state index is 12.4. The van der Waals surface area contributed by atoms with Gasteiger partial charge in [-0.3, -0.25) is 9.59 Å². The zero-order chi connectivity index (χ0) is 37.9. The Morgan fingerprint density at radius 1 is 0.577 bits per heavy atom. The Bertz CT molecular complexity index is 899. The van der Waals surface area contributed by atoms with Crippen molar-refractivity contribution in [3.8, 4) is 0 Å². The lowest BCUT2D eigenvalue weighted by molar-refractivity contribution is -0.150. The normalized spacial score (nSPS) is 12.7. The van der Waals surface area contributed by atoms with Crippen LogP contribution >= 0.6 is 0 Å². The molecule has 0 spiro atoms. The summed E-state index contributed by atoms with van der Waals surface area (Å²) in [7, 11) is 0. The van der Waals surface area contributed by atoms with Crippen LogP contribution in [0.25, 0.3) is 0 Å². The molecule has 304 valence electrons. The van der Waals surface area contributed by atoms with Gasteiger partial charge in [0.15, 0.2) is 0 Å². The molecule has 0 fully saturated rings. The highest BCUT2D eigenvalue weighted by atomic mass is 16.5. The van der Waals surface area contributed by atoms with E-state index in [9.17, 15) is 9.59 Å². The fraction of sp³-hybridized carbons (Fsp3) is 0.889. The van der Waals surface area contributed by atoms with Gasteiger partial charge in [-0.25, -0.2) is 4.98 Å². The fourth-order valence-electron chi connectivity index (χ4n) is 7.20. The zero-order valence-electron chi connectivity index (χ0n) is 35.1. The summed E-state index contributed by atoms with van der Waals surface area (Å²) in [6.07, 6.45) is 37.0. The van der Waals surface area contributed by atoms with Crippen molar-refractivity contribution in [1.29, 1.82) is 0 Å². The van der Waals surface area contributed by atoms with Crippen LogP contribution in [0.15, 0.2) is 12.4 Å². The van der Waals surface area contributed by atoms with Gasteiger partial charge >= 0.3 is 11.9 Å². The van der Waals surface area contributed by atoms with Crippen molar-refractivity contribution in [2.75, 3.05) is 19.6 Å². The molecule has 2 atom stereocenters. The first-order valence-electron chi connectivity index (χ1n) is 22.5. The molecule has 0 saturated carbocycles. The molecule has 0 aliphatic rings. The average molecular weight is 732 g/mol. The third-order valence-electron chi connectivity index (χ3n) is 10.8. The number of ether oxygens (including phenoxy) is 2. The minimum atomic E-state index is 0.000930. The van der Waals surface area contributed by atoms with E-state index < -0.39 is 0 Å². The smallest absolute Gasteiger partial charge is 0.306 e. The number of carbonyl (C=O) groups excluding carboxylic acids is 2. The third-order valence-corrected chi connectivity index (χ3v) is 10.8. The Morgan fingerprint density at radius 2 is 0.981 bits per heavy atom. The topological polar surface area (TPSA) is 73.7 Å². The van der Waals surface area contributed by atoms with Gasteiger partial charge in [-0.2, -0.15) is 0 Å². The maximum atomic E-state index is 12.4. The van der Waals surface area contributed by atoms with Crippen LogP contribution in [0.5, 0.6) is 0 Å². The molecule has 1 aromatic rings. The number of unbranched alkanes of at least 4 members (excludes halogenated alkanes) is 18. The molecular formula is C45H85N3O4. The van der Waals surface area contributed by atoms with E-state index in [4.69, 9.17) is 9.47 Å². The van der Waals surface area contributed by atoms with Crippen LogP contribution < -0.4 is 0 Å². The van der Waals surface area contributed by atoms with Crippen LogP contribution in [-0.4, -0.2) is 58.2 Å². The summed E-state index contributed by atoms with van der Waals surface area (Å²) in [4.78, 5) is 31.9. The highest BCUT2D eigenvalue weighted by Gasteiger charge is 2.14. The number of rotatable bonds is 38. The quantitative estimate of drug-likeness (QED) is 0.0498. The Balaban J connectivity index is 2.24. The van der Waals surface area contributed by atoms with E-state index in [2.05, 4.69) is 55.3 Å². The van der Waals surface area contributed by atoms with Gasteiger partial charge in [0.1, 0.15) is 18.0 Å². The lowest BCUT2D eigenvalue weighted by Gasteiger charge is -2.22. The van der Waals surface area contributed by atoms with E-state index in [1.807, 2.05) is 6.20 Å². The molecule has 0 radical (unpaired) electrons. The SMILES string of the molecule is CCCCCCCCC(CC)OC(=O)CCCCCCCN(CCCCCCCC(=O)OC(CC)CCCCCCCC)CCCn1ccnc1C. The molecule has 0 amide bonds. The van der Waals surface area contributed by atoms with Gasteiger partial charge in [-0.05, 0) is 97.2 Å². The van der Waals surface area contributed by atoms with E-state index in [0.717, 1.165) is 89.8 Å². The number of esters is 2. The zero-order valence-corrected chi connectivity index (χ0v) is 35.1.